The summed E-state index contributed by atoms with van der Waals surface area (Å²) in [5.41, 5.74) is 2.91. The predicted molar refractivity (Wildman–Crippen MR) is 62.8 cm³/mol. The number of allylic oxidation sites excluding steroid dienone is 1. The summed E-state index contributed by atoms with van der Waals surface area (Å²) in [4.78, 5) is 4.39. The first-order valence-corrected chi connectivity index (χ1v) is 5.28. The quantitative estimate of drug-likeness (QED) is 0.739. The number of rotatable bonds is 2. The van der Waals surface area contributed by atoms with Gasteiger partial charge in [0, 0.05) is 23.1 Å². The van der Waals surface area contributed by atoms with E-state index in [0.29, 0.717) is 0 Å². The molecule has 2 heterocycles. The fraction of sp³-hybridized carbons (Fsp3) is 0.308. The van der Waals surface area contributed by atoms with Crippen molar-refractivity contribution in [3.63, 3.8) is 0 Å². The number of hydrogen-bond donors (Lipinski definition) is 0. The van der Waals surface area contributed by atoms with Gasteiger partial charge in [-0.05, 0) is 26.0 Å². The smallest absolute Gasteiger partial charge is 0.227 e. The highest BCUT2D eigenvalue weighted by molar-refractivity contribution is 5.86. The van der Waals surface area contributed by atoms with E-state index in [1.165, 1.54) is 5.56 Å². The van der Waals surface area contributed by atoms with Crippen LogP contribution in [0, 0.1) is 6.92 Å². The molecule has 2 rings (SSSR count). The molecule has 0 amide bonds. The molecule has 0 aliphatic rings. The standard InChI is InChI=1S/C13H15NO/c1-4-6-10-11-8-7-9(3)14-13(11)15-12(10)5-2/h4,6-8H,5H2,1-3H3/b6-4-. The Labute approximate surface area is 89.6 Å². The maximum atomic E-state index is 5.72. The van der Waals surface area contributed by atoms with Gasteiger partial charge >= 0.3 is 0 Å². The van der Waals surface area contributed by atoms with E-state index >= 15 is 0 Å². The van der Waals surface area contributed by atoms with Crippen molar-refractivity contribution in [3.8, 4) is 0 Å². The van der Waals surface area contributed by atoms with Gasteiger partial charge in [-0.25, -0.2) is 4.98 Å². The first kappa shape index (κ1) is 9.97. The van der Waals surface area contributed by atoms with Crippen LogP contribution in [0.2, 0.25) is 0 Å². The van der Waals surface area contributed by atoms with Crippen molar-refractivity contribution in [2.24, 2.45) is 0 Å². The van der Waals surface area contributed by atoms with Gasteiger partial charge in [-0.2, -0.15) is 0 Å². The molecule has 0 saturated carbocycles. The molecular weight excluding hydrogens is 186 g/mol. The van der Waals surface area contributed by atoms with Crippen molar-refractivity contribution in [1.82, 2.24) is 4.98 Å². The fourth-order valence-corrected chi connectivity index (χ4v) is 1.75. The Morgan fingerprint density at radius 1 is 1.40 bits per heavy atom. The summed E-state index contributed by atoms with van der Waals surface area (Å²) in [7, 11) is 0. The highest BCUT2D eigenvalue weighted by Gasteiger charge is 2.10. The first-order chi connectivity index (χ1) is 7.26. The second-order valence-corrected chi connectivity index (χ2v) is 3.60. The molecule has 78 valence electrons. The van der Waals surface area contributed by atoms with Crippen LogP contribution in [0.1, 0.15) is 30.9 Å². The average Bonchev–Trinajstić information content (AvgIpc) is 2.56. The molecule has 2 heteroatoms. The summed E-state index contributed by atoms with van der Waals surface area (Å²) in [6, 6.07) is 4.10. The molecule has 15 heavy (non-hydrogen) atoms. The maximum Gasteiger partial charge on any atom is 0.227 e. The Morgan fingerprint density at radius 2 is 2.20 bits per heavy atom. The third kappa shape index (κ3) is 1.67. The van der Waals surface area contributed by atoms with Crippen molar-refractivity contribution in [1.29, 1.82) is 0 Å². The largest absolute Gasteiger partial charge is 0.442 e. The van der Waals surface area contributed by atoms with E-state index in [4.69, 9.17) is 4.42 Å². The van der Waals surface area contributed by atoms with Gasteiger partial charge in [-0.1, -0.05) is 19.1 Å². The van der Waals surface area contributed by atoms with Crippen LogP contribution in [0.25, 0.3) is 17.2 Å². The molecule has 2 aromatic rings. The highest BCUT2D eigenvalue weighted by atomic mass is 16.3. The molecule has 2 nitrogen and oxygen atoms in total. The number of aromatic nitrogens is 1. The molecule has 0 bridgehead atoms. The van der Waals surface area contributed by atoms with Gasteiger partial charge in [0.15, 0.2) is 0 Å². The average molecular weight is 201 g/mol. The number of furan rings is 1. The lowest BCUT2D eigenvalue weighted by atomic mass is 10.1. The summed E-state index contributed by atoms with van der Waals surface area (Å²) in [6.45, 7) is 6.08. The second-order valence-electron chi connectivity index (χ2n) is 3.60. The summed E-state index contributed by atoms with van der Waals surface area (Å²) in [5.74, 6) is 1.02. The summed E-state index contributed by atoms with van der Waals surface area (Å²) in [6.07, 6.45) is 5.01. The van der Waals surface area contributed by atoms with E-state index in [-0.39, 0.29) is 0 Å². The SMILES string of the molecule is C/C=C\c1c(CC)oc2nc(C)ccc12. The maximum absolute atomic E-state index is 5.72. The zero-order chi connectivity index (χ0) is 10.8. The van der Waals surface area contributed by atoms with Crippen LogP contribution in [0.3, 0.4) is 0 Å². The second kappa shape index (κ2) is 3.89. The van der Waals surface area contributed by atoms with Crippen LogP contribution in [0.4, 0.5) is 0 Å². The van der Waals surface area contributed by atoms with Crippen molar-refractivity contribution >= 4 is 17.2 Å². The van der Waals surface area contributed by atoms with Crippen LogP contribution in [-0.2, 0) is 6.42 Å². The molecule has 0 spiro atoms. The van der Waals surface area contributed by atoms with Gasteiger partial charge in [-0.3, -0.25) is 0 Å². The van der Waals surface area contributed by atoms with Gasteiger partial charge in [0.2, 0.25) is 5.71 Å². The number of hydrogen-bond acceptors (Lipinski definition) is 2. The van der Waals surface area contributed by atoms with Gasteiger partial charge in [0.1, 0.15) is 5.76 Å². The van der Waals surface area contributed by atoms with E-state index in [2.05, 4.69) is 24.1 Å². The lowest BCUT2D eigenvalue weighted by molar-refractivity contribution is 0.545. The first-order valence-electron chi connectivity index (χ1n) is 5.28. The molecule has 0 aromatic carbocycles. The summed E-state index contributed by atoms with van der Waals surface area (Å²) >= 11 is 0. The predicted octanol–water partition coefficient (Wildman–Crippen LogP) is 3.73. The summed E-state index contributed by atoms with van der Waals surface area (Å²) < 4.78 is 5.72. The van der Waals surface area contributed by atoms with Gasteiger partial charge in [0.05, 0.1) is 0 Å². The molecule has 0 N–H and O–H groups in total. The van der Waals surface area contributed by atoms with Crippen LogP contribution < -0.4 is 0 Å². The molecule has 0 radical (unpaired) electrons. The Balaban J connectivity index is 2.74. The summed E-state index contributed by atoms with van der Waals surface area (Å²) in [5, 5.41) is 1.11. The van der Waals surface area contributed by atoms with Crippen molar-refractivity contribution in [2.75, 3.05) is 0 Å². The molecule has 0 unspecified atom stereocenters. The van der Waals surface area contributed by atoms with Gasteiger partial charge < -0.3 is 4.42 Å². The monoisotopic (exact) mass is 201 g/mol. The Hall–Kier alpha value is -1.57. The van der Waals surface area contributed by atoms with E-state index in [1.807, 2.05) is 26.0 Å². The van der Waals surface area contributed by atoms with E-state index in [9.17, 15) is 0 Å². The Bertz CT molecular complexity index is 508. The Morgan fingerprint density at radius 3 is 2.87 bits per heavy atom. The number of pyridine rings is 1. The molecular formula is C13H15NO. The van der Waals surface area contributed by atoms with Gasteiger partial charge in [0.25, 0.3) is 0 Å². The highest BCUT2D eigenvalue weighted by Crippen LogP contribution is 2.26. The lowest BCUT2D eigenvalue weighted by Gasteiger charge is -1.92. The third-order valence-corrected chi connectivity index (χ3v) is 2.46. The normalized spacial score (nSPS) is 11.7. The number of fused-ring (bicyclic) bond motifs is 1. The number of aryl methyl sites for hydroxylation is 2. The Kier molecular flexibility index (Phi) is 2.58. The zero-order valence-electron chi connectivity index (χ0n) is 9.37. The fourth-order valence-electron chi connectivity index (χ4n) is 1.75. The minimum atomic E-state index is 0.750. The minimum absolute atomic E-state index is 0.750. The van der Waals surface area contributed by atoms with Crippen LogP contribution in [0.5, 0.6) is 0 Å². The molecule has 0 aliphatic carbocycles. The van der Waals surface area contributed by atoms with Gasteiger partial charge in [-0.15, -0.1) is 0 Å². The van der Waals surface area contributed by atoms with E-state index in [1.54, 1.807) is 0 Å². The molecule has 0 fully saturated rings. The van der Waals surface area contributed by atoms with E-state index in [0.717, 1.165) is 29.0 Å². The van der Waals surface area contributed by atoms with E-state index < -0.39 is 0 Å². The van der Waals surface area contributed by atoms with Crippen molar-refractivity contribution in [3.05, 3.63) is 35.2 Å². The van der Waals surface area contributed by atoms with Crippen LogP contribution in [-0.4, -0.2) is 4.98 Å². The third-order valence-electron chi connectivity index (χ3n) is 2.46. The molecule has 0 atom stereocenters. The van der Waals surface area contributed by atoms with Crippen molar-refractivity contribution < 1.29 is 4.42 Å². The molecule has 2 aromatic heterocycles. The number of nitrogens with zero attached hydrogens (tertiary/aromatic N) is 1. The molecule has 0 saturated heterocycles. The zero-order valence-corrected chi connectivity index (χ0v) is 9.37. The van der Waals surface area contributed by atoms with Crippen LogP contribution in [0.15, 0.2) is 22.6 Å². The minimum Gasteiger partial charge on any atom is -0.442 e. The van der Waals surface area contributed by atoms with Crippen LogP contribution >= 0.6 is 0 Å². The topological polar surface area (TPSA) is 26.0 Å². The lowest BCUT2D eigenvalue weighted by Crippen LogP contribution is -1.80. The van der Waals surface area contributed by atoms with Crippen molar-refractivity contribution in [2.45, 2.75) is 27.2 Å². The molecule has 0 aliphatic heterocycles.